The summed E-state index contributed by atoms with van der Waals surface area (Å²) in [7, 11) is 1.55. The first-order valence-electron chi connectivity index (χ1n) is 11.5. The number of carbonyl (C=O) groups is 2. The second-order valence-electron chi connectivity index (χ2n) is 8.42. The Morgan fingerprint density at radius 1 is 1.08 bits per heavy atom. The highest BCUT2D eigenvalue weighted by molar-refractivity contribution is 6.00. The lowest BCUT2D eigenvalue weighted by atomic mass is 9.98. The molecule has 1 aliphatic heterocycles. The fourth-order valence-corrected chi connectivity index (χ4v) is 4.15. The molecule has 0 aliphatic carbocycles. The predicted octanol–water partition coefficient (Wildman–Crippen LogP) is 3.27. The van der Waals surface area contributed by atoms with E-state index in [2.05, 4.69) is 10.3 Å². The van der Waals surface area contributed by atoms with Gasteiger partial charge in [-0.05, 0) is 35.7 Å². The number of amides is 1. The first kappa shape index (κ1) is 24.6. The third kappa shape index (κ3) is 5.41. The zero-order valence-electron chi connectivity index (χ0n) is 19.8. The minimum absolute atomic E-state index is 0.0643. The molecule has 186 valence electrons. The summed E-state index contributed by atoms with van der Waals surface area (Å²) in [6, 6.07) is 18.0. The number of nitrogens with zero attached hydrogens (tertiary/aromatic N) is 1. The number of aliphatic hydroxyl groups is 1. The van der Waals surface area contributed by atoms with Gasteiger partial charge in [0.1, 0.15) is 11.4 Å². The normalized spacial score (nSPS) is 12.8. The number of pyridine rings is 1. The standard InChI is InChI=1S/C27H27N3O6/c1-36-19-11-9-18(10-12-19)20-14-21-22(29-26(20)34)16-30(15-17-6-3-2-4-7-17)24(25(21)33)27(35)28-13-5-8-23(31)32/h2-4,6-7,9-12,14,33H,5,8,13,15-16H2,1H3,(H,28,35)(H,29,34)(H,31,32). The first-order chi connectivity index (χ1) is 17.4. The van der Waals surface area contributed by atoms with Gasteiger partial charge in [0.25, 0.3) is 11.5 Å². The molecule has 0 radical (unpaired) electrons. The Kier molecular flexibility index (Phi) is 7.39. The second-order valence-corrected chi connectivity index (χ2v) is 8.42. The molecule has 0 spiro atoms. The van der Waals surface area contributed by atoms with Crippen molar-refractivity contribution >= 4 is 17.6 Å². The van der Waals surface area contributed by atoms with Gasteiger partial charge in [-0.1, -0.05) is 42.5 Å². The van der Waals surface area contributed by atoms with Crippen LogP contribution in [0.25, 0.3) is 16.9 Å². The van der Waals surface area contributed by atoms with E-state index in [1.807, 2.05) is 30.3 Å². The molecular weight excluding hydrogens is 462 g/mol. The van der Waals surface area contributed by atoms with E-state index in [9.17, 15) is 19.5 Å². The van der Waals surface area contributed by atoms with Gasteiger partial charge < -0.3 is 30.2 Å². The van der Waals surface area contributed by atoms with E-state index < -0.39 is 11.9 Å². The summed E-state index contributed by atoms with van der Waals surface area (Å²) in [5.41, 5.74) is 2.51. The topological polar surface area (TPSA) is 132 Å². The van der Waals surface area contributed by atoms with Gasteiger partial charge in [-0.3, -0.25) is 14.4 Å². The highest BCUT2D eigenvalue weighted by Gasteiger charge is 2.31. The fourth-order valence-electron chi connectivity index (χ4n) is 4.15. The average Bonchev–Trinajstić information content (AvgIpc) is 2.87. The van der Waals surface area contributed by atoms with E-state index >= 15 is 0 Å². The van der Waals surface area contributed by atoms with Crippen molar-refractivity contribution in [3.63, 3.8) is 0 Å². The summed E-state index contributed by atoms with van der Waals surface area (Å²) >= 11 is 0. The van der Waals surface area contributed by atoms with E-state index in [1.54, 1.807) is 42.3 Å². The fraction of sp³-hybridized carbons (Fsp3) is 0.222. The van der Waals surface area contributed by atoms with Crippen molar-refractivity contribution in [3.05, 3.63) is 93.5 Å². The number of carbonyl (C=O) groups excluding carboxylic acids is 1. The Morgan fingerprint density at radius 2 is 1.81 bits per heavy atom. The SMILES string of the molecule is COc1ccc(-c2cc3c([nH]c2=O)CN(Cc2ccccc2)C(C(=O)NCCCC(=O)O)=C3O)cc1. The van der Waals surface area contributed by atoms with Crippen LogP contribution in [0.3, 0.4) is 0 Å². The van der Waals surface area contributed by atoms with Gasteiger partial charge in [-0.2, -0.15) is 0 Å². The average molecular weight is 490 g/mol. The first-order valence-corrected chi connectivity index (χ1v) is 11.5. The van der Waals surface area contributed by atoms with Gasteiger partial charge in [0, 0.05) is 36.3 Å². The van der Waals surface area contributed by atoms with Gasteiger partial charge >= 0.3 is 5.97 Å². The predicted molar refractivity (Wildman–Crippen MR) is 134 cm³/mol. The van der Waals surface area contributed by atoms with Crippen molar-refractivity contribution in [2.24, 2.45) is 0 Å². The van der Waals surface area contributed by atoms with Crippen LogP contribution in [-0.2, 0) is 22.7 Å². The largest absolute Gasteiger partial charge is 0.505 e. The molecule has 0 fully saturated rings. The number of carboxylic acids is 1. The minimum Gasteiger partial charge on any atom is -0.505 e. The molecule has 1 amide bonds. The zero-order valence-corrected chi connectivity index (χ0v) is 19.8. The number of methoxy groups -OCH3 is 1. The number of nitrogens with one attached hydrogen (secondary N) is 2. The Morgan fingerprint density at radius 3 is 2.47 bits per heavy atom. The summed E-state index contributed by atoms with van der Waals surface area (Å²) in [6.45, 7) is 0.672. The van der Waals surface area contributed by atoms with Crippen molar-refractivity contribution in [1.29, 1.82) is 0 Å². The molecule has 36 heavy (non-hydrogen) atoms. The molecule has 0 saturated carbocycles. The Hall–Kier alpha value is -4.53. The third-order valence-electron chi connectivity index (χ3n) is 5.95. The number of H-pyrrole nitrogens is 1. The number of carboxylic acid groups (broad SMARTS) is 1. The van der Waals surface area contributed by atoms with Gasteiger partial charge in [0.15, 0.2) is 5.76 Å². The molecule has 0 saturated heterocycles. The number of hydrogen-bond donors (Lipinski definition) is 4. The van der Waals surface area contributed by atoms with Crippen LogP contribution in [0, 0.1) is 0 Å². The molecule has 0 bridgehead atoms. The summed E-state index contributed by atoms with van der Waals surface area (Å²) in [5, 5.41) is 22.8. The molecule has 0 unspecified atom stereocenters. The van der Waals surface area contributed by atoms with Gasteiger partial charge in [-0.25, -0.2) is 0 Å². The zero-order chi connectivity index (χ0) is 25.7. The third-order valence-corrected chi connectivity index (χ3v) is 5.95. The van der Waals surface area contributed by atoms with Crippen molar-refractivity contribution in [1.82, 2.24) is 15.2 Å². The van der Waals surface area contributed by atoms with Crippen LogP contribution in [0.5, 0.6) is 5.75 Å². The highest BCUT2D eigenvalue weighted by atomic mass is 16.5. The van der Waals surface area contributed by atoms with Crippen LogP contribution >= 0.6 is 0 Å². The van der Waals surface area contributed by atoms with Crippen LogP contribution < -0.4 is 15.6 Å². The van der Waals surface area contributed by atoms with Crippen LogP contribution in [0.4, 0.5) is 0 Å². The van der Waals surface area contributed by atoms with Gasteiger partial charge in [-0.15, -0.1) is 0 Å². The number of benzene rings is 2. The molecule has 3 aromatic rings. The lowest BCUT2D eigenvalue weighted by Crippen LogP contribution is -2.39. The molecular formula is C27H27N3O6. The maximum absolute atomic E-state index is 13.2. The molecule has 4 rings (SSSR count). The number of ether oxygens (including phenoxy) is 1. The Balaban J connectivity index is 1.72. The van der Waals surface area contributed by atoms with Crippen molar-refractivity contribution in [2.45, 2.75) is 25.9 Å². The van der Waals surface area contributed by atoms with Crippen molar-refractivity contribution < 1.29 is 24.5 Å². The lowest BCUT2D eigenvalue weighted by molar-refractivity contribution is -0.137. The second kappa shape index (κ2) is 10.8. The molecule has 1 aromatic heterocycles. The quantitative estimate of drug-likeness (QED) is 0.339. The molecule has 9 nitrogen and oxygen atoms in total. The molecule has 1 aliphatic rings. The van der Waals surface area contributed by atoms with E-state index in [4.69, 9.17) is 9.84 Å². The number of fused-ring (bicyclic) bond motifs is 1. The number of aromatic nitrogens is 1. The monoisotopic (exact) mass is 489 g/mol. The summed E-state index contributed by atoms with van der Waals surface area (Å²) in [6.07, 6.45) is 0.188. The lowest BCUT2D eigenvalue weighted by Gasteiger charge is -2.32. The van der Waals surface area contributed by atoms with Gasteiger partial charge in [0.05, 0.1) is 13.7 Å². The van der Waals surface area contributed by atoms with E-state index in [0.29, 0.717) is 34.7 Å². The van der Waals surface area contributed by atoms with Crippen LogP contribution in [0.15, 0.2) is 71.2 Å². The summed E-state index contributed by atoms with van der Waals surface area (Å²) in [4.78, 5) is 41.5. The number of aliphatic carboxylic acids is 1. The Bertz CT molecular complexity index is 1350. The smallest absolute Gasteiger partial charge is 0.303 e. The maximum Gasteiger partial charge on any atom is 0.303 e. The Labute approximate surface area is 207 Å². The summed E-state index contributed by atoms with van der Waals surface area (Å²) in [5.74, 6) is -1.07. The van der Waals surface area contributed by atoms with E-state index in [0.717, 1.165) is 5.56 Å². The molecule has 9 heteroatoms. The van der Waals surface area contributed by atoms with Crippen LogP contribution in [0.1, 0.15) is 29.7 Å². The van der Waals surface area contributed by atoms with Crippen LogP contribution in [-0.4, -0.2) is 45.6 Å². The van der Waals surface area contributed by atoms with Crippen molar-refractivity contribution in [2.75, 3.05) is 13.7 Å². The number of aliphatic hydroxyl groups excluding tert-OH is 1. The number of hydrogen-bond acceptors (Lipinski definition) is 6. The number of rotatable bonds is 9. The molecule has 4 N–H and O–H groups in total. The maximum atomic E-state index is 13.2. The minimum atomic E-state index is -0.946. The molecule has 0 atom stereocenters. The van der Waals surface area contributed by atoms with E-state index in [1.165, 1.54) is 0 Å². The van der Waals surface area contributed by atoms with Crippen molar-refractivity contribution in [3.8, 4) is 16.9 Å². The van der Waals surface area contributed by atoms with Gasteiger partial charge in [0.2, 0.25) is 0 Å². The number of aromatic amines is 1. The molecule has 2 heterocycles. The molecule has 2 aromatic carbocycles. The van der Waals surface area contributed by atoms with E-state index in [-0.39, 0.29) is 42.9 Å². The summed E-state index contributed by atoms with van der Waals surface area (Å²) < 4.78 is 5.18. The highest BCUT2D eigenvalue weighted by Crippen LogP contribution is 2.32. The van der Waals surface area contributed by atoms with Crippen LogP contribution in [0.2, 0.25) is 0 Å².